The summed E-state index contributed by atoms with van der Waals surface area (Å²) < 4.78 is 5.70. The summed E-state index contributed by atoms with van der Waals surface area (Å²) in [5, 5.41) is 3.56. The molecule has 1 unspecified atom stereocenters. The Morgan fingerprint density at radius 2 is 2.16 bits per heavy atom. The summed E-state index contributed by atoms with van der Waals surface area (Å²) in [7, 11) is 0. The van der Waals surface area contributed by atoms with Crippen LogP contribution in [0.5, 0.6) is 5.75 Å². The maximum Gasteiger partial charge on any atom is 0.122 e. The van der Waals surface area contributed by atoms with Crippen molar-refractivity contribution in [3.05, 3.63) is 51.2 Å². The van der Waals surface area contributed by atoms with Crippen molar-refractivity contribution in [3.8, 4) is 5.75 Å². The van der Waals surface area contributed by atoms with Gasteiger partial charge in [-0.1, -0.05) is 18.2 Å². The van der Waals surface area contributed by atoms with Gasteiger partial charge in [0.25, 0.3) is 0 Å². The van der Waals surface area contributed by atoms with E-state index in [1.807, 2.05) is 17.4 Å². The molecule has 0 saturated carbocycles. The Morgan fingerprint density at radius 3 is 2.95 bits per heavy atom. The van der Waals surface area contributed by atoms with Crippen molar-refractivity contribution in [2.24, 2.45) is 0 Å². The molecule has 100 valence electrons. The molecule has 1 aliphatic rings. The number of hydrogen-bond donors (Lipinski definition) is 1. The molecule has 0 radical (unpaired) electrons. The van der Waals surface area contributed by atoms with Gasteiger partial charge in [0.1, 0.15) is 5.75 Å². The SMILES string of the molecule is Cc1cc(CNCC2COc3ccccc32)sc1C. The van der Waals surface area contributed by atoms with Gasteiger partial charge in [-0.05, 0) is 31.5 Å². The zero-order chi connectivity index (χ0) is 13.2. The highest BCUT2D eigenvalue weighted by molar-refractivity contribution is 7.12. The van der Waals surface area contributed by atoms with E-state index in [2.05, 4.69) is 43.4 Å². The monoisotopic (exact) mass is 273 g/mol. The fourth-order valence-electron chi connectivity index (χ4n) is 2.50. The first-order chi connectivity index (χ1) is 9.24. The molecule has 1 N–H and O–H groups in total. The first kappa shape index (κ1) is 12.7. The van der Waals surface area contributed by atoms with E-state index in [1.54, 1.807) is 0 Å². The predicted octanol–water partition coefficient (Wildman–Crippen LogP) is 3.63. The first-order valence-electron chi connectivity index (χ1n) is 6.72. The van der Waals surface area contributed by atoms with Gasteiger partial charge in [0.15, 0.2) is 0 Å². The summed E-state index contributed by atoms with van der Waals surface area (Å²) in [5.41, 5.74) is 2.74. The molecule has 1 aromatic carbocycles. The molecule has 0 bridgehead atoms. The lowest BCUT2D eigenvalue weighted by Crippen LogP contribution is -2.21. The number of hydrogen-bond acceptors (Lipinski definition) is 3. The average Bonchev–Trinajstić information content (AvgIpc) is 2.95. The Labute approximate surface area is 118 Å². The minimum atomic E-state index is 0.485. The third kappa shape index (κ3) is 2.67. The van der Waals surface area contributed by atoms with Crippen molar-refractivity contribution >= 4 is 11.3 Å². The summed E-state index contributed by atoms with van der Waals surface area (Å²) in [6, 6.07) is 10.6. The number of benzene rings is 1. The topological polar surface area (TPSA) is 21.3 Å². The van der Waals surface area contributed by atoms with Crippen molar-refractivity contribution in [2.75, 3.05) is 13.2 Å². The number of thiophene rings is 1. The Bertz CT molecular complexity index is 556. The van der Waals surface area contributed by atoms with Crippen molar-refractivity contribution in [1.29, 1.82) is 0 Å². The third-order valence-corrected chi connectivity index (χ3v) is 4.86. The van der Waals surface area contributed by atoms with Gasteiger partial charge >= 0.3 is 0 Å². The van der Waals surface area contributed by atoms with Gasteiger partial charge in [-0.15, -0.1) is 11.3 Å². The van der Waals surface area contributed by atoms with E-state index in [0.717, 1.165) is 25.4 Å². The van der Waals surface area contributed by atoms with Crippen molar-refractivity contribution in [1.82, 2.24) is 5.32 Å². The second-order valence-electron chi connectivity index (χ2n) is 5.13. The highest BCUT2D eigenvalue weighted by atomic mass is 32.1. The van der Waals surface area contributed by atoms with Crippen LogP contribution >= 0.6 is 11.3 Å². The average molecular weight is 273 g/mol. The van der Waals surface area contributed by atoms with Crippen LogP contribution in [0, 0.1) is 13.8 Å². The maximum atomic E-state index is 5.70. The van der Waals surface area contributed by atoms with Crippen LogP contribution in [0.3, 0.4) is 0 Å². The lowest BCUT2D eigenvalue weighted by Gasteiger charge is -2.09. The number of para-hydroxylation sites is 1. The minimum absolute atomic E-state index is 0.485. The quantitative estimate of drug-likeness (QED) is 0.918. The van der Waals surface area contributed by atoms with E-state index in [0.29, 0.717) is 5.92 Å². The third-order valence-electron chi connectivity index (χ3n) is 3.71. The molecule has 3 heteroatoms. The zero-order valence-electron chi connectivity index (χ0n) is 11.4. The highest BCUT2D eigenvalue weighted by Crippen LogP contribution is 2.32. The van der Waals surface area contributed by atoms with Crippen molar-refractivity contribution < 1.29 is 4.74 Å². The van der Waals surface area contributed by atoms with Crippen molar-refractivity contribution in [3.63, 3.8) is 0 Å². The molecule has 0 spiro atoms. The molecule has 1 aromatic heterocycles. The standard InChI is InChI=1S/C16H19NOS/c1-11-7-14(19-12(11)2)9-17-8-13-10-18-16-6-4-3-5-15(13)16/h3-7,13,17H,8-10H2,1-2H3. The molecule has 1 aliphatic heterocycles. The van der Waals surface area contributed by atoms with E-state index in [4.69, 9.17) is 4.74 Å². The minimum Gasteiger partial charge on any atom is -0.493 e. The van der Waals surface area contributed by atoms with Gasteiger partial charge in [-0.3, -0.25) is 0 Å². The summed E-state index contributed by atoms with van der Waals surface area (Å²) in [4.78, 5) is 2.84. The van der Waals surface area contributed by atoms with Gasteiger partial charge in [0, 0.05) is 34.3 Å². The lowest BCUT2D eigenvalue weighted by molar-refractivity contribution is 0.326. The van der Waals surface area contributed by atoms with Gasteiger partial charge in [0.05, 0.1) is 6.61 Å². The number of aryl methyl sites for hydroxylation is 2. The number of nitrogens with one attached hydrogen (secondary N) is 1. The second-order valence-corrected chi connectivity index (χ2v) is 6.47. The van der Waals surface area contributed by atoms with Gasteiger partial charge in [-0.2, -0.15) is 0 Å². The Kier molecular flexibility index (Phi) is 3.58. The lowest BCUT2D eigenvalue weighted by atomic mass is 10.0. The molecule has 0 amide bonds. The van der Waals surface area contributed by atoms with Gasteiger partial charge < -0.3 is 10.1 Å². The molecule has 2 heterocycles. The molecule has 2 nitrogen and oxygen atoms in total. The molecular weight excluding hydrogens is 254 g/mol. The van der Waals surface area contributed by atoms with Gasteiger partial charge in [0.2, 0.25) is 0 Å². The number of rotatable bonds is 4. The molecule has 3 rings (SSSR count). The van der Waals surface area contributed by atoms with E-state index in [9.17, 15) is 0 Å². The molecule has 0 aliphatic carbocycles. The maximum absolute atomic E-state index is 5.70. The van der Waals surface area contributed by atoms with Gasteiger partial charge in [-0.25, -0.2) is 0 Å². The van der Waals surface area contributed by atoms with Crippen molar-refractivity contribution in [2.45, 2.75) is 26.3 Å². The molecule has 0 fully saturated rings. The van der Waals surface area contributed by atoms with E-state index < -0.39 is 0 Å². The van der Waals surface area contributed by atoms with Crippen LogP contribution in [0.1, 0.15) is 26.8 Å². The Balaban J connectivity index is 1.56. The number of fused-ring (bicyclic) bond motifs is 1. The smallest absolute Gasteiger partial charge is 0.122 e. The number of ether oxygens (including phenoxy) is 1. The van der Waals surface area contributed by atoms with E-state index in [1.165, 1.54) is 20.9 Å². The highest BCUT2D eigenvalue weighted by Gasteiger charge is 2.22. The van der Waals surface area contributed by atoms with Crippen LogP contribution in [0.4, 0.5) is 0 Å². The molecular formula is C16H19NOS. The summed E-state index contributed by atoms with van der Waals surface area (Å²) in [6.45, 7) is 7.10. The Morgan fingerprint density at radius 1 is 1.32 bits per heavy atom. The molecule has 1 atom stereocenters. The first-order valence-corrected chi connectivity index (χ1v) is 7.54. The van der Waals surface area contributed by atoms with E-state index >= 15 is 0 Å². The van der Waals surface area contributed by atoms with Crippen LogP contribution in [0.2, 0.25) is 0 Å². The largest absolute Gasteiger partial charge is 0.493 e. The van der Waals surface area contributed by atoms with Crippen LogP contribution < -0.4 is 10.1 Å². The zero-order valence-corrected chi connectivity index (χ0v) is 12.2. The summed E-state index contributed by atoms with van der Waals surface area (Å²) in [5.74, 6) is 1.54. The normalized spacial score (nSPS) is 17.3. The fourth-order valence-corrected chi connectivity index (χ4v) is 3.53. The fraction of sp³-hybridized carbons (Fsp3) is 0.375. The Hall–Kier alpha value is -1.32. The second kappa shape index (κ2) is 5.35. The van der Waals surface area contributed by atoms with Crippen LogP contribution in [-0.2, 0) is 6.54 Å². The summed E-state index contributed by atoms with van der Waals surface area (Å²) >= 11 is 1.89. The van der Waals surface area contributed by atoms with Crippen LogP contribution in [-0.4, -0.2) is 13.2 Å². The molecule has 19 heavy (non-hydrogen) atoms. The van der Waals surface area contributed by atoms with Crippen LogP contribution in [0.25, 0.3) is 0 Å². The van der Waals surface area contributed by atoms with Crippen LogP contribution in [0.15, 0.2) is 30.3 Å². The van der Waals surface area contributed by atoms with E-state index in [-0.39, 0.29) is 0 Å². The molecule has 2 aromatic rings. The predicted molar refractivity (Wildman–Crippen MR) is 80.2 cm³/mol. The molecule has 0 saturated heterocycles. The summed E-state index contributed by atoms with van der Waals surface area (Å²) in [6.07, 6.45) is 0.